The maximum Gasteiger partial charge on any atom is 0.218 e. The number of benzene rings is 1. The highest BCUT2D eigenvalue weighted by atomic mass is 35.5. The third kappa shape index (κ3) is 3.46. The van der Waals surface area contributed by atoms with Gasteiger partial charge < -0.3 is 5.11 Å². The van der Waals surface area contributed by atoms with Gasteiger partial charge in [-0.15, -0.1) is 0 Å². The molecule has 2 aromatic rings. The summed E-state index contributed by atoms with van der Waals surface area (Å²) in [6.45, 7) is 2.44. The predicted octanol–water partition coefficient (Wildman–Crippen LogP) is 2.07. The molecule has 3 rings (SSSR count). The molecule has 0 amide bonds. The van der Waals surface area contributed by atoms with Gasteiger partial charge in [-0.3, -0.25) is 4.68 Å². The summed E-state index contributed by atoms with van der Waals surface area (Å²) in [6.07, 6.45) is -0.709. The molecular formula is C15H17ClFN3O3S. The van der Waals surface area contributed by atoms with Crippen LogP contribution in [0.3, 0.4) is 0 Å². The van der Waals surface area contributed by atoms with Gasteiger partial charge in [0.25, 0.3) is 0 Å². The lowest BCUT2D eigenvalue weighted by Gasteiger charge is -2.27. The average Bonchev–Trinajstić information content (AvgIpc) is 2.94. The number of sulfonamides is 1. The highest BCUT2D eigenvalue weighted by Gasteiger charge is 2.29. The van der Waals surface area contributed by atoms with Gasteiger partial charge in [-0.05, 0) is 36.8 Å². The molecule has 0 saturated carbocycles. The summed E-state index contributed by atoms with van der Waals surface area (Å²) in [5, 5.41) is 14.1. The Morgan fingerprint density at radius 2 is 2.12 bits per heavy atom. The summed E-state index contributed by atoms with van der Waals surface area (Å²) in [6, 6.07) is 5.37. The van der Waals surface area contributed by atoms with E-state index in [4.69, 9.17) is 11.6 Å². The molecule has 1 aliphatic heterocycles. The zero-order valence-corrected chi connectivity index (χ0v) is 14.6. The van der Waals surface area contributed by atoms with Crippen LogP contribution in [0.4, 0.5) is 4.39 Å². The third-order valence-electron chi connectivity index (χ3n) is 3.95. The minimum atomic E-state index is -3.65. The summed E-state index contributed by atoms with van der Waals surface area (Å²) in [5.74, 6) is -0.885. The van der Waals surface area contributed by atoms with E-state index < -0.39 is 21.9 Å². The van der Waals surface area contributed by atoms with Crippen molar-refractivity contribution in [2.75, 3.05) is 6.54 Å². The lowest BCUT2D eigenvalue weighted by molar-refractivity contribution is 0.192. The van der Waals surface area contributed by atoms with Crippen LogP contribution < -0.4 is 0 Å². The third-order valence-corrected chi connectivity index (χ3v) is 6.09. The Labute approximate surface area is 144 Å². The first-order valence-electron chi connectivity index (χ1n) is 7.43. The molecule has 1 aromatic heterocycles. The van der Waals surface area contributed by atoms with Crippen molar-refractivity contribution in [1.82, 2.24) is 14.1 Å². The van der Waals surface area contributed by atoms with E-state index in [1.807, 2.05) is 0 Å². The summed E-state index contributed by atoms with van der Waals surface area (Å²) in [5.41, 5.74) is 1.46. The van der Waals surface area contributed by atoms with Crippen LogP contribution in [-0.4, -0.2) is 34.2 Å². The maximum absolute atomic E-state index is 13.3. The number of aliphatic hydroxyl groups excluding tert-OH is 1. The molecule has 1 aromatic carbocycles. The SMILES string of the molecule is C[C@H](O)c1cc2n(n1)CCN(S(=O)(=O)Cc1cc(F)ccc1Cl)C2. The minimum absolute atomic E-state index is 0.162. The smallest absolute Gasteiger partial charge is 0.218 e. The Morgan fingerprint density at radius 3 is 2.83 bits per heavy atom. The van der Waals surface area contributed by atoms with Gasteiger partial charge in [0, 0.05) is 11.6 Å². The van der Waals surface area contributed by atoms with Gasteiger partial charge in [0.1, 0.15) is 5.82 Å². The quantitative estimate of drug-likeness (QED) is 0.890. The van der Waals surface area contributed by atoms with Crippen molar-refractivity contribution in [3.8, 4) is 0 Å². The van der Waals surface area contributed by atoms with Crippen molar-refractivity contribution in [2.24, 2.45) is 0 Å². The molecular weight excluding hydrogens is 357 g/mol. The van der Waals surface area contributed by atoms with E-state index in [0.717, 1.165) is 6.07 Å². The Hall–Kier alpha value is -1.48. The number of hydrogen-bond donors (Lipinski definition) is 1. The fourth-order valence-electron chi connectivity index (χ4n) is 2.65. The lowest BCUT2D eigenvalue weighted by atomic mass is 10.2. The monoisotopic (exact) mass is 373 g/mol. The van der Waals surface area contributed by atoms with Crippen molar-refractivity contribution < 1.29 is 17.9 Å². The Balaban J connectivity index is 1.82. The molecule has 0 aliphatic carbocycles. The number of aliphatic hydroxyl groups is 1. The van der Waals surface area contributed by atoms with Gasteiger partial charge in [-0.1, -0.05) is 11.6 Å². The minimum Gasteiger partial charge on any atom is -0.387 e. The van der Waals surface area contributed by atoms with Gasteiger partial charge in [-0.2, -0.15) is 9.40 Å². The molecule has 0 unspecified atom stereocenters. The van der Waals surface area contributed by atoms with Gasteiger partial charge in [0.2, 0.25) is 10.0 Å². The second-order valence-corrected chi connectivity index (χ2v) is 8.16. The first-order valence-corrected chi connectivity index (χ1v) is 9.41. The van der Waals surface area contributed by atoms with E-state index in [1.54, 1.807) is 17.7 Å². The fourth-order valence-corrected chi connectivity index (χ4v) is 4.41. The summed E-state index contributed by atoms with van der Waals surface area (Å²) < 4.78 is 41.6. The van der Waals surface area contributed by atoms with Crippen LogP contribution in [0.5, 0.6) is 0 Å². The van der Waals surface area contributed by atoms with Crippen molar-refractivity contribution in [3.05, 3.63) is 52.1 Å². The zero-order chi connectivity index (χ0) is 17.5. The van der Waals surface area contributed by atoms with Gasteiger partial charge in [-0.25, -0.2) is 12.8 Å². The van der Waals surface area contributed by atoms with E-state index in [1.165, 1.54) is 16.4 Å². The zero-order valence-electron chi connectivity index (χ0n) is 13.0. The number of hydrogen-bond acceptors (Lipinski definition) is 4. The molecule has 0 fully saturated rings. The molecule has 9 heteroatoms. The molecule has 0 radical (unpaired) electrons. The van der Waals surface area contributed by atoms with Crippen LogP contribution >= 0.6 is 11.6 Å². The fraction of sp³-hybridized carbons (Fsp3) is 0.400. The van der Waals surface area contributed by atoms with E-state index in [0.29, 0.717) is 17.9 Å². The second-order valence-electron chi connectivity index (χ2n) is 5.79. The van der Waals surface area contributed by atoms with E-state index >= 15 is 0 Å². The maximum atomic E-state index is 13.3. The standard InChI is InChI=1S/C15H17ClFN3O3S/c1-10(21)15-7-13-8-19(4-5-20(13)18-15)24(22,23)9-11-6-12(17)2-3-14(11)16/h2-3,6-7,10,21H,4-5,8-9H2,1H3/t10-/m0/s1. The van der Waals surface area contributed by atoms with E-state index in [-0.39, 0.29) is 29.4 Å². The number of rotatable bonds is 4. The van der Waals surface area contributed by atoms with Crippen LogP contribution in [-0.2, 0) is 28.9 Å². The number of halogens is 2. The average molecular weight is 374 g/mol. The van der Waals surface area contributed by atoms with E-state index in [2.05, 4.69) is 5.10 Å². The largest absolute Gasteiger partial charge is 0.387 e. The van der Waals surface area contributed by atoms with Crippen molar-refractivity contribution in [3.63, 3.8) is 0 Å². The molecule has 1 N–H and O–H groups in total. The van der Waals surface area contributed by atoms with Crippen LogP contribution in [0, 0.1) is 5.82 Å². The topological polar surface area (TPSA) is 75.4 Å². The normalized spacial score (nSPS) is 16.8. The molecule has 2 heterocycles. The van der Waals surface area contributed by atoms with E-state index in [9.17, 15) is 17.9 Å². The van der Waals surface area contributed by atoms with Gasteiger partial charge in [0.15, 0.2) is 0 Å². The van der Waals surface area contributed by atoms with Crippen molar-refractivity contribution in [1.29, 1.82) is 0 Å². The number of aromatic nitrogens is 2. The Bertz CT molecular complexity index is 867. The highest BCUT2D eigenvalue weighted by Crippen LogP contribution is 2.24. The highest BCUT2D eigenvalue weighted by molar-refractivity contribution is 7.88. The predicted molar refractivity (Wildman–Crippen MR) is 87.3 cm³/mol. The van der Waals surface area contributed by atoms with Crippen LogP contribution in [0.1, 0.15) is 30.0 Å². The summed E-state index contributed by atoms with van der Waals surface area (Å²) in [7, 11) is -3.65. The lowest BCUT2D eigenvalue weighted by Crippen LogP contribution is -2.39. The van der Waals surface area contributed by atoms with Gasteiger partial charge in [0.05, 0.1) is 36.3 Å². The summed E-state index contributed by atoms with van der Waals surface area (Å²) >= 11 is 5.97. The molecule has 0 saturated heterocycles. The van der Waals surface area contributed by atoms with Crippen LogP contribution in [0.15, 0.2) is 24.3 Å². The molecule has 1 aliphatic rings. The van der Waals surface area contributed by atoms with Gasteiger partial charge >= 0.3 is 0 Å². The number of fused-ring (bicyclic) bond motifs is 1. The summed E-state index contributed by atoms with van der Waals surface area (Å²) in [4.78, 5) is 0. The number of nitrogens with zero attached hydrogens (tertiary/aromatic N) is 3. The molecule has 0 spiro atoms. The van der Waals surface area contributed by atoms with Crippen molar-refractivity contribution >= 4 is 21.6 Å². The molecule has 1 atom stereocenters. The Morgan fingerprint density at radius 1 is 1.38 bits per heavy atom. The van der Waals surface area contributed by atoms with Crippen LogP contribution in [0.2, 0.25) is 5.02 Å². The first kappa shape index (κ1) is 17.3. The van der Waals surface area contributed by atoms with Crippen molar-refractivity contribution in [2.45, 2.75) is 31.9 Å². The van der Waals surface area contributed by atoms with Crippen LogP contribution in [0.25, 0.3) is 0 Å². The first-order chi connectivity index (χ1) is 11.3. The Kier molecular flexibility index (Phi) is 4.65. The second kappa shape index (κ2) is 6.44. The molecule has 6 nitrogen and oxygen atoms in total. The molecule has 130 valence electrons. The molecule has 0 bridgehead atoms. The molecule has 24 heavy (non-hydrogen) atoms.